The molecular formula is C18H28ClN3O. The Hall–Kier alpha value is -0.710. The highest BCUT2D eigenvalue weighted by Crippen LogP contribution is 2.61. The van der Waals surface area contributed by atoms with Crippen LogP contribution in [0.5, 0.6) is 0 Å². The quantitative estimate of drug-likeness (QED) is 0.785. The van der Waals surface area contributed by atoms with E-state index < -0.39 is 0 Å². The summed E-state index contributed by atoms with van der Waals surface area (Å²) in [6, 6.07) is 0.589. The lowest BCUT2D eigenvalue weighted by molar-refractivity contribution is 0.0175. The smallest absolute Gasteiger partial charge is 0.134 e. The number of halogens is 1. The molecule has 5 heteroatoms. The fraction of sp³-hybridized carbons (Fsp3) is 0.778. The molecule has 0 amide bonds. The molecule has 2 aliphatic carbocycles. The van der Waals surface area contributed by atoms with Crippen molar-refractivity contribution in [3.8, 4) is 0 Å². The maximum Gasteiger partial charge on any atom is 0.134 e. The maximum atomic E-state index is 6.16. The molecule has 4 nitrogen and oxygen atoms in total. The van der Waals surface area contributed by atoms with Gasteiger partial charge in [0.2, 0.25) is 0 Å². The van der Waals surface area contributed by atoms with Gasteiger partial charge in [0, 0.05) is 30.5 Å². The van der Waals surface area contributed by atoms with E-state index in [-0.39, 0.29) is 5.41 Å². The highest BCUT2D eigenvalue weighted by molar-refractivity contribution is 6.30. The van der Waals surface area contributed by atoms with Gasteiger partial charge in [-0.3, -0.25) is 0 Å². The van der Waals surface area contributed by atoms with E-state index in [1.807, 2.05) is 7.05 Å². The number of rotatable bonds is 8. The first-order chi connectivity index (χ1) is 11.2. The van der Waals surface area contributed by atoms with E-state index >= 15 is 0 Å². The second-order valence-electron chi connectivity index (χ2n) is 7.11. The summed E-state index contributed by atoms with van der Waals surface area (Å²) < 4.78 is 6.16. The topological polar surface area (TPSA) is 47.0 Å². The molecule has 0 aromatic carbocycles. The third-order valence-corrected chi connectivity index (χ3v) is 5.82. The van der Waals surface area contributed by atoms with Crippen LogP contribution in [-0.4, -0.2) is 35.8 Å². The highest BCUT2D eigenvalue weighted by Gasteiger charge is 2.59. The molecule has 128 valence electrons. The minimum Gasteiger partial charge on any atom is -0.378 e. The summed E-state index contributed by atoms with van der Waals surface area (Å²) in [6.07, 6.45) is 12.1. The van der Waals surface area contributed by atoms with Crippen molar-refractivity contribution in [2.45, 2.75) is 69.4 Å². The average Bonchev–Trinajstić information content (AvgIpc) is 3.29. The summed E-state index contributed by atoms with van der Waals surface area (Å²) in [6.45, 7) is 3.10. The van der Waals surface area contributed by atoms with Crippen LogP contribution in [0.15, 0.2) is 12.4 Å². The Labute approximate surface area is 144 Å². The normalized spacial score (nSPS) is 30.7. The number of hydrogen-bond acceptors (Lipinski definition) is 4. The van der Waals surface area contributed by atoms with Crippen LogP contribution in [0.25, 0.3) is 0 Å². The molecular weight excluding hydrogens is 310 g/mol. The average molecular weight is 338 g/mol. The molecule has 0 radical (unpaired) electrons. The summed E-state index contributed by atoms with van der Waals surface area (Å²) in [5, 5.41) is 4.00. The molecule has 0 saturated heterocycles. The fourth-order valence-electron chi connectivity index (χ4n) is 4.11. The number of hydrogen-bond donors (Lipinski definition) is 1. The standard InChI is InChI=1S/C18H28ClN3O/c1-3-4-15(20-2)6-8-23-16-5-7-18(10-13(18)9-16)17-21-11-14(19)12-22-17/h11-13,15-16,20H,3-10H2,1-2H3/t13-,15+,16+,18-/m1/s1. The zero-order chi connectivity index (χ0) is 16.3. The van der Waals surface area contributed by atoms with Crippen molar-refractivity contribution in [1.82, 2.24) is 15.3 Å². The van der Waals surface area contributed by atoms with Crippen molar-refractivity contribution in [2.24, 2.45) is 5.92 Å². The summed E-state index contributed by atoms with van der Waals surface area (Å²) in [5.41, 5.74) is 0.222. The summed E-state index contributed by atoms with van der Waals surface area (Å²) in [4.78, 5) is 8.93. The zero-order valence-electron chi connectivity index (χ0n) is 14.2. The van der Waals surface area contributed by atoms with Gasteiger partial charge in [0.15, 0.2) is 0 Å². The van der Waals surface area contributed by atoms with E-state index in [0.29, 0.717) is 23.1 Å². The van der Waals surface area contributed by atoms with Crippen molar-refractivity contribution >= 4 is 11.6 Å². The van der Waals surface area contributed by atoms with Crippen LogP contribution in [0.2, 0.25) is 5.02 Å². The van der Waals surface area contributed by atoms with Gasteiger partial charge in [0.05, 0.1) is 11.1 Å². The van der Waals surface area contributed by atoms with Crippen molar-refractivity contribution in [2.75, 3.05) is 13.7 Å². The lowest BCUT2D eigenvalue weighted by Gasteiger charge is -2.28. The van der Waals surface area contributed by atoms with Gasteiger partial charge in [0.1, 0.15) is 5.82 Å². The Morgan fingerprint density at radius 2 is 2.17 bits per heavy atom. The zero-order valence-corrected chi connectivity index (χ0v) is 15.0. The number of aromatic nitrogens is 2. The highest BCUT2D eigenvalue weighted by atomic mass is 35.5. The van der Waals surface area contributed by atoms with E-state index in [1.54, 1.807) is 12.4 Å². The molecule has 1 N–H and O–H groups in total. The second-order valence-corrected chi connectivity index (χ2v) is 7.55. The molecule has 0 aliphatic heterocycles. The summed E-state index contributed by atoms with van der Waals surface area (Å²) >= 11 is 5.90. The van der Waals surface area contributed by atoms with Gasteiger partial charge < -0.3 is 10.1 Å². The van der Waals surface area contributed by atoms with Crippen molar-refractivity contribution in [3.05, 3.63) is 23.2 Å². The van der Waals surface area contributed by atoms with E-state index in [0.717, 1.165) is 38.1 Å². The van der Waals surface area contributed by atoms with Gasteiger partial charge >= 0.3 is 0 Å². The molecule has 0 unspecified atom stereocenters. The number of ether oxygens (including phenoxy) is 1. The minimum atomic E-state index is 0.222. The van der Waals surface area contributed by atoms with Crippen LogP contribution in [0, 0.1) is 5.92 Å². The first kappa shape index (κ1) is 17.1. The number of nitrogens with one attached hydrogen (secondary N) is 1. The molecule has 1 aromatic rings. The predicted octanol–water partition coefficient (Wildman–Crippen LogP) is 3.74. The lowest BCUT2D eigenvalue weighted by Crippen LogP contribution is -2.30. The predicted molar refractivity (Wildman–Crippen MR) is 92.8 cm³/mol. The third-order valence-electron chi connectivity index (χ3n) is 5.62. The number of fused-ring (bicyclic) bond motifs is 1. The molecule has 0 bridgehead atoms. The van der Waals surface area contributed by atoms with Gasteiger partial charge in [-0.1, -0.05) is 24.9 Å². The van der Waals surface area contributed by atoms with Gasteiger partial charge in [-0.2, -0.15) is 0 Å². The van der Waals surface area contributed by atoms with Crippen molar-refractivity contribution in [3.63, 3.8) is 0 Å². The van der Waals surface area contributed by atoms with E-state index in [1.165, 1.54) is 19.3 Å². The van der Waals surface area contributed by atoms with Crippen LogP contribution in [-0.2, 0) is 10.2 Å². The van der Waals surface area contributed by atoms with Crippen LogP contribution < -0.4 is 5.32 Å². The fourth-order valence-corrected chi connectivity index (χ4v) is 4.21. The SMILES string of the molecule is CCC[C@@H](CCO[C@H]1CC[C@@]2(c3ncc(Cl)cn3)C[C@H]2C1)NC. The van der Waals surface area contributed by atoms with Crippen LogP contribution in [0.3, 0.4) is 0 Å². The van der Waals surface area contributed by atoms with Crippen LogP contribution in [0.1, 0.15) is 57.7 Å². The third kappa shape index (κ3) is 3.86. The minimum absolute atomic E-state index is 0.222. The van der Waals surface area contributed by atoms with Gasteiger partial charge in [-0.25, -0.2) is 9.97 Å². The van der Waals surface area contributed by atoms with E-state index in [4.69, 9.17) is 16.3 Å². The maximum absolute atomic E-state index is 6.16. The van der Waals surface area contributed by atoms with Crippen LogP contribution in [0.4, 0.5) is 0 Å². The van der Waals surface area contributed by atoms with Gasteiger partial charge in [-0.05, 0) is 51.5 Å². The first-order valence-corrected chi connectivity index (χ1v) is 9.32. The molecule has 2 saturated carbocycles. The first-order valence-electron chi connectivity index (χ1n) is 8.95. The van der Waals surface area contributed by atoms with E-state index in [2.05, 4.69) is 22.2 Å². The van der Waals surface area contributed by atoms with Crippen molar-refractivity contribution < 1.29 is 4.74 Å². The van der Waals surface area contributed by atoms with Gasteiger partial charge in [0.25, 0.3) is 0 Å². The summed E-state index contributed by atoms with van der Waals surface area (Å²) in [5.74, 6) is 1.68. The summed E-state index contributed by atoms with van der Waals surface area (Å²) in [7, 11) is 2.05. The van der Waals surface area contributed by atoms with Crippen LogP contribution >= 0.6 is 11.6 Å². The molecule has 2 aliphatic rings. The molecule has 23 heavy (non-hydrogen) atoms. The molecule has 0 spiro atoms. The molecule has 2 fully saturated rings. The largest absolute Gasteiger partial charge is 0.378 e. The van der Waals surface area contributed by atoms with Crippen molar-refractivity contribution in [1.29, 1.82) is 0 Å². The Bertz CT molecular complexity index is 509. The lowest BCUT2D eigenvalue weighted by atomic mass is 9.86. The molecule has 3 rings (SSSR count). The molecule has 1 aromatic heterocycles. The Balaban J connectivity index is 1.45. The Kier molecular flexibility index (Phi) is 5.55. The second kappa shape index (κ2) is 7.45. The monoisotopic (exact) mass is 337 g/mol. The van der Waals surface area contributed by atoms with Gasteiger partial charge in [-0.15, -0.1) is 0 Å². The Morgan fingerprint density at radius 3 is 2.83 bits per heavy atom. The Morgan fingerprint density at radius 1 is 1.39 bits per heavy atom. The molecule has 1 heterocycles. The number of nitrogens with zero attached hydrogens (tertiary/aromatic N) is 2. The molecule has 4 atom stereocenters. The van der Waals surface area contributed by atoms with E-state index in [9.17, 15) is 0 Å².